The summed E-state index contributed by atoms with van der Waals surface area (Å²) in [5, 5.41) is 22.0. The number of methoxy groups -OCH3 is 2. The maximum atomic E-state index is 12.0. The molecular formula is C18H23N3O5. The molecule has 0 heterocycles. The Morgan fingerprint density at radius 1 is 1.23 bits per heavy atom. The van der Waals surface area contributed by atoms with E-state index in [4.69, 9.17) is 18.9 Å². The number of anilines is 1. The van der Waals surface area contributed by atoms with Crippen molar-refractivity contribution in [2.24, 2.45) is 0 Å². The van der Waals surface area contributed by atoms with Crippen LogP contribution < -0.4 is 14.8 Å². The van der Waals surface area contributed by atoms with Gasteiger partial charge in [-0.1, -0.05) is 0 Å². The van der Waals surface area contributed by atoms with Gasteiger partial charge < -0.3 is 24.3 Å². The van der Waals surface area contributed by atoms with Gasteiger partial charge in [-0.15, -0.1) is 0 Å². The summed E-state index contributed by atoms with van der Waals surface area (Å²) in [6.45, 7) is 6.07. The van der Waals surface area contributed by atoms with Crippen molar-refractivity contribution in [3.05, 3.63) is 17.2 Å². The van der Waals surface area contributed by atoms with Gasteiger partial charge in [0.25, 0.3) is 0 Å². The zero-order valence-corrected chi connectivity index (χ0v) is 15.6. The summed E-state index contributed by atoms with van der Waals surface area (Å²) in [6, 6.07) is 5.38. The smallest absolute Gasteiger partial charge is 0.493 e. The van der Waals surface area contributed by atoms with E-state index in [-0.39, 0.29) is 28.3 Å². The van der Waals surface area contributed by atoms with Crippen LogP contribution >= 0.6 is 0 Å². The number of ether oxygens (including phenoxy) is 4. The number of hydrogen-bond acceptors (Lipinski definition) is 8. The first-order chi connectivity index (χ1) is 12.3. The van der Waals surface area contributed by atoms with Gasteiger partial charge in [0.1, 0.15) is 23.3 Å². The number of carbonyl (C=O) groups excluding carboxylic acids is 1. The van der Waals surface area contributed by atoms with E-state index in [1.54, 1.807) is 27.9 Å². The third kappa shape index (κ3) is 5.83. The molecule has 26 heavy (non-hydrogen) atoms. The average molecular weight is 361 g/mol. The Balaban J connectivity index is 3.28. The second kappa shape index (κ2) is 9.50. The Morgan fingerprint density at radius 3 is 2.42 bits per heavy atom. The molecule has 8 nitrogen and oxygen atoms in total. The van der Waals surface area contributed by atoms with Gasteiger partial charge in [0.15, 0.2) is 11.5 Å². The van der Waals surface area contributed by atoms with E-state index < -0.39 is 11.8 Å². The van der Waals surface area contributed by atoms with Crippen molar-refractivity contribution >= 4 is 11.8 Å². The number of rotatable bonds is 7. The molecule has 0 unspecified atom stereocenters. The van der Waals surface area contributed by atoms with Crippen LogP contribution in [0.15, 0.2) is 6.07 Å². The second-order valence-corrected chi connectivity index (χ2v) is 6.27. The van der Waals surface area contributed by atoms with Crippen LogP contribution in [0.2, 0.25) is 0 Å². The number of benzene rings is 1. The van der Waals surface area contributed by atoms with Crippen LogP contribution in [-0.4, -0.2) is 39.1 Å². The number of carbonyl (C=O) groups is 1. The molecule has 0 aliphatic carbocycles. The maximum absolute atomic E-state index is 12.0. The quantitative estimate of drug-likeness (QED) is 0.447. The molecule has 0 fully saturated rings. The van der Waals surface area contributed by atoms with Crippen LogP contribution in [0.3, 0.4) is 0 Å². The normalized spacial score (nSPS) is 10.4. The van der Waals surface area contributed by atoms with Gasteiger partial charge >= 0.3 is 6.16 Å². The number of nitrogens with zero attached hydrogens (tertiary/aromatic N) is 2. The Hall–Kier alpha value is -2.97. The summed E-state index contributed by atoms with van der Waals surface area (Å²) in [4.78, 5) is 12.0. The number of nitriles is 2. The minimum atomic E-state index is -0.970. The minimum absolute atomic E-state index is 0.0100. The molecule has 0 aromatic heterocycles. The van der Waals surface area contributed by atoms with Gasteiger partial charge in [0.05, 0.1) is 18.4 Å². The summed E-state index contributed by atoms with van der Waals surface area (Å²) < 4.78 is 20.5. The molecule has 1 aromatic rings. The molecule has 0 saturated carbocycles. The summed E-state index contributed by atoms with van der Waals surface area (Å²) in [7, 11) is 2.94. The van der Waals surface area contributed by atoms with Gasteiger partial charge in [0.2, 0.25) is 0 Å². The lowest BCUT2D eigenvalue weighted by Gasteiger charge is -2.20. The first-order valence-corrected chi connectivity index (χ1v) is 7.96. The fourth-order valence-electron chi connectivity index (χ4n) is 2.06. The molecule has 0 spiro atoms. The van der Waals surface area contributed by atoms with Crippen molar-refractivity contribution in [3.8, 4) is 23.6 Å². The van der Waals surface area contributed by atoms with Crippen LogP contribution in [0.4, 0.5) is 10.5 Å². The molecule has 0 aliphatic rings. The second-order valence-electron chi connectivity index (χ2n) is 6.27. The Kier molecular flexibility index (Phi) is 7.70. The highest BCUT2D eigenvalue weighted by Gasteiger charge is 2.25. The first-order valence-electron chi connectivity index (χ1n) is 7.96. The lowest BCUT2D eigenvalue weighted by molar-refractivity contribution is 0.0200. The van der Waals surface area contributed by atoms with Gasteiger partial charge in [-0.2, -0.15) is 10.5 Å². The van der Waals surface area contributed by atoms with Gasteiger partial charge in [-0.3, -0.25) is 0 Å². The third-order valence-electron chi connectivity index (χ3n) is 3.10. The molecule has 0 atom stereocenters. The molecule has 1 N–H and O–H groups in total. The summed E-state index contributed by atoms with van der Waals surface area (Å²) in [5.41, 5.74) is -0.299. The van der Waals surface area contributed by atoms with Gasteiger partial charge in [-0.05, 0) is 27.2 Å². The van der Waals surface area contributed by atoms with Crippen molar-refractivity contribution in [1.29, 1.82) is 10.5 Å². The lowest BCUT2D eigenvalue weighted by Crippen LogP contribution is -2.26. The van der Waals surface area contributed by atoms with Gasteiger partial charge in [-0.25, -0.2) is 4.79 Å². The Labute approximate surface area is 153 Å². The van der Waals surface area contributed by atoms with Crippen molar-refractivity contribution < 1.29 is 23.7 Å². The van der Waals surface area contributed by atoms with Crippen LogP contribution in [0.25, 0.3) is 0 Å². The van der Waals surface area contributed by atoms with Crippen LogP contribution in [0, 0.1) is 22.7 Å². The summed E-state index contributed by atoms with van der Waals surface area (Å²) >= 11 is 0. The predicted octanol–water partition coefficient (Wildman–Crippen LogP) is 3.20. The zero-order chi connectivity index (χ0) is 19.7. The van der Waals surface area contributed by atoms with E-state index in [0.29, 0.717) is 19.6 Å². The van der Waals surface area contributed by atoms with E-state index in [1.807, 2.05) is 12.1 Å². The highest BCUT2D eigenvalue weighted by atomic mass is 16.7. The molecule has 1 rings (SSSR count). The molecule has 1 aromatic carbocycles. The summed E-state index contributed by atoms with van der Waals surface area (Å²) in [5.74, 6) is -0.0103. The molecule has 0 aliphatic heterocycles. The fourth-order valence-corrected chi connectivity index (χ4v) is 2.06. The molecule has 0 radical (unpaired) electrons. The molecule has 0 saturated heterocycles. The zero-order valence-electron chi connectivity index (χ0n) is 15.6. The average Bonchev–Trinajstić information content (AvgIpc) is 2.57. The molecule has 0 bridgehead atoms. The van der Waals surface area contributed by atoms with Gasteiger partial charge in [0, 0.05) is 26.3 Å². The topological polar surface area (TPSA) is 114 Å². The van der Waals surface area contributed by atoms with E-state index in [0.717, 1.165) is 0 Å². The van der Waals surface area contributed by atoms with Crippen LogP contribution in [-0.2, 0) is 9.47 Å². The monoisotopic (exact) mass is 361 g/mol. The van der Waals surface area contributed by atoms with Crippen LogP contribution in [0.1, 0.15) is 38.3 Å². The molecule has 8 heteroatoms. The highest BCUT2D eigenvalue weighted by Crippen LogP contribution is 2.39. The highest BCUT2D eigenvalue weighted by molar-refractivity contribution is 5.78. The van der Waals surface area contributed by atoms with Crippen molar-refractivity contribution in [2.75, 3.05) is 32.7 Å². The van der Waals surface area contributed by atoms with Crippen molar-refractivity contribution in [2.45, 2.75) is 32.8 Å². The SMILES string of the molecule is COCCCNc1c(C#N)cc(OC)c(OC(=O)OC(C)(C)C)c1C#N. The van der Waals surface area contributed by atoms with E-state index in [2.05, 4.69) is 5.32 Å². The van der Waals surface area contributed by atoms with Crippen LogP contribution in [0.5, 0.6) is 11.5 Å². The van der Waals surface area contributed by atoms with E-state index in [1.165, 1.54) is 13.2 Å². The first kappa shape index (κ1) is 21.1. The fraction of sp³-hybridized carbons (Fsp3) is 0.500. The molecular weight excluding hydrogens is 338 g/mol. The largest absolute Gasteiger partial charge is 0.514 e. The number of nitrogens with one attached hydrogen (secondary N) is 1. The minimum Gasteiger partial charge on any atom is -0.493 e. The van der Waals surface area contributed by atoms with Crippen molar-refractivity contribution in [1.82, 2.24) is 0 Å². The predicted molar refractivity (Wildman–Crippen MR) is 94.3 cm³/mol. The molecule has 140 valence electrons. The maximum Gasteiger partial charge on any atom is 0.514 e. The molecule has 0 amide bonds. The standard InChI is InChI=1S/C18H23N3O5/c1-18(2,3)26-17(22)25-16-13(11-20)15(21-7-6-8-23-4)12(10-19)9-14(16)24-5/h9,21H,6-8H2,1-5H3. The lowest BCUT2D eigenvalue weighted by atomic mass is 10.1. The Bertz CT molecular complexity index is 726. The van der Waals surface area contributed by atoms with E-state index in [9.17, 15) is 15.3 Å². The Morgan fingerprint density at radius 2 is 1.92 bits per heavy atom. The third-order valence-corrected chi connectivity index (χ3v) is 3.10. The number of hydrogen-bond donors (Lipinski definition) is 1. The van der Waals surface area contributed by atoms with E-state index >= 15 is 0 Å². The van der Waals surface area contributed by atoms with Crippen molar-refractivity contribution in [3.63, 3.8) is 0 Å². The summed E-state index contributed by atoms with van der Waals surface area (Å²) in [6.07, 6.45) is -0.303.